The van der Waals surface area contributed by atoms with Crippen molar-refractivity contribution in [2.75, 3.05) is 45.2 Å². The highest BCUT2D eigenvalue weighted by Crippen LogP contribution is 2.37. The summed E-state index contributed by atoms with van der Waals surface area (Å²) >= 11 is 0. The van der Waals surface area contributed by atoms with E-state index >= 15 is 0 Å². The average molecular weight is 441 g/mol. The van der Waals surface area contributed by atoms with Crippen molar-refractivity contribution >= 4 is 17.5 Å². The zero-order valence-corrected chi connectivity index (χ0v) is 18.5. The van der Waals surface area contributed by atoms with Crippen molar-refractivity contribution in [2.45, 2.75) is 38.9 Å². The number of benzene rings is 1. The van der Waals surface area contributed by atoms with Gasteiger partial charge < -0.3 is 20.4 Å². The maximum absolute atomic E-state index is 13.6. The number of carbonyl (C=O) groups excluding carboxylic acids is 2. The van der Waals surface area contributed by atoms with E-state index in [1.54, 1.807) is 6.92 Å². The van der Waals surface area contributed by atoms with Gasteiger partial charge in [-0.3, -0.25) is 9.59 Å². The molecule has 2 N–H and O–H groups in total. The van der Waals surface area contributed by atoms with Crippen LogP contribution in [0, 0.1) is 6.92 Å². The first-order chi connectivity index (χ1) is 14.5. The van der Waals surface area contributed by atoms with Gasteiger partial charge in [0.15, 0.2) is 0 Å². The Morgan fingerprint density at radius 3 is 2.39 bits per heavy atom. The Labute approximate surface area is 181 Å². The number of likely N-dealkylation sites (tertiary alicyclic amines) is 1. The highest BCUT2D eigenvalue weighted by atomic mass is 19.4. The highest BCUT2D eigenvalue weighted by Gasteiger charge is 2.34. The Kier molecular flexibility index (Phi) is 8.11. The van der Waals surface area contributed by atoms with Crippen LogP contribution in [0.15, 0.2) is 24.3 Å². The maximum Gasteiger partial charge on any atom is 0.416 e. The summed E-state index contributed by atoms with van der Waals surface area (Å²) in [6.07, 6.45) is -2.91. The van der Waals surface area contributed by atoms with E-state index in [2.05, 4.69) is 22.1 Å². The van der Waals surface area contributed by atoms with Gasteiger partial charge in [0.2, 0.25) is 5.91 Å². The second kappa shape index (κ2) is 10.2. The number of alkyl halides is 3. The van der Waals surface area contributed by atoms with E-state index < -0.39 is 23.6 Å². The fourth-order valence-corrected chi connectivity index (χ4v) is 3.87. The highest BCUT2D eigenvalue weighted by molar-refractivity contribution is 5.99. The van der Waals surface area contributed by atoms with E-state index in [4.69, 9.17) is 0 Å². The van der Waals surface area contributed by atoms with Gasteiger partial charge in [-0.15, -0.1) is 0 Å². The minimum atomic E-state index is -4.59. The van der Waals surface area contributed by atoms with E-state index in [1.165, 1.54) is 7.05 Å². The topological polar surface area (TPSA) is 64.7 Å². The Hall–Kier alpha value is -2.55. The number of nitrogens with one attached hydrogen (secondary N) is 2. The van der Waals surface area contributed by atoms with Crippen LogP contribution in [0.3, 0.4) is 0 Å². The van der Waals surface area contributed by atoms with Crippen LogP contribution in [0.5, 0.6) is 0 Å². The lowest BCUT2D eigenvalue weighted by Gasteiger charge is -2.39. The minimum absolute atomic E-state index is 0.0547. The Morgan fingerprint density at radius 1 is 1.26 bits per heavy atom. The molecule has 31 heavy (non-hydrogen) atoms. The summed E-state index contributed by atoms with van der Waals surface area (Å²) in [4.78, 5) is 28.5. The molecule has 0 spiro atoms. The molecule has 0 atom stereocenters. The molecule has 1 saturated heterocycles. The number of halogens is 3. The first-order valence-electron chi connectivity index (χ1n) is 10.3. The van der Waals surface area contributed by atoms with Crippen LogP contribution in [-0.4, -0.2) is 63.0 Å². The monoisotopic (exact) mass is 440 g/mol. The molecular formula is C22H31F3N4O2. The molecule has 0 aromatic heterocycles. The average Bonchev–Trinajstić information content (AvgIpc) is 2.73. The van der Waals surface area contributed by atoms with Crippen LogP contribution >= 0.6 is 0 Å². The van der Waals surface area contributed by atoms with E-state index in [0.29, 0.717) is 17.8 Å². The summed E-state index contributed by atoms with van der Waals surface area (Å²) < 4.78 is 40.9. The lowest BCUT2D eigenvalue weighted by Crippen LogP contribution is -2.44. The Bertz CT molecular complexity index is 831. The molecule has 0 aliphatic carbocycles. The quantitative estimate of drug-likeness (QED) is 0.640. The zero-order chi connectivity index (χ0) is 23.3. The van der Waals surface area contributed by atoms with Crippen molar-refractivity contribution in [3.8, 4) is 0 Å². The standard InChI is InChI=1S/C22H31F3N4O2/c1-6-29(17-7-9-28(5)10-8-17)19-12-16(22(23,24)25)11-18(15(19)3)21(31)27-13-14(2)20(30)26-4/h11-12,17H,2,6-10,13H2,1,3-5H3,(H,26,30)(H,27,31). The molecule has 172 valence electrons. The first kappa shape index (κ1) is 24.7. The van der Waals surface area contributed by atoms with Crippen LogP contribution in [0.25, 0.3) is 0 Å². The molecule has 6 nitrogen and oxygen atoms in total. The molecular weight excluding hydrogens is 409 g/mol. The molecule has 2 rings (SSSR count). The minimum Gasteiger partial charge on any atom is -0.368 e. The van der Waals surface area contributed by atoms with Gasteiger partial charge in [0.25, 0.3) is 5.91 Å². The van der Waals surface area contributed by atoms with Crippen molar-refractivity contribution in [1.29, 1.82) is 0 Å². The van der Waals surface area contributed by atoms with E-state index in [-0.39, 0.29) is 23.7 Å². The number of carbonyl (C=O) groups is 2. The summed E-state index contributed by atoms with van der Waals surface area (Å²) in [7, 11) is 3.46. The van der Waals surface area contributed by atoms with Crippen molar-refractivity contribution < 1.29 is 22.8 Å². The molecule has 1 aliphatic heterocycles. The third-order valence-electron chi connectivity index (χ3n) is 5.74. The summed E-state index contributed by atoms with van der Waals surface area (Å²) in [5.41, 5.74) is 0.0943. The number of hydrogen-bond donors (Lipinski definition) is 2. The predicted molar refractivity (Wildman–Crippen MR) is 115 cm³/mol. The van der Waals surface area contributed by atoms with E-state index in [9.17, 15) is 22.8 Å². The van der Waals surface area contributed by atoms with Gasteiger partial charge in [0, 0.05) is 43.0 Å². The molecule has 2 amide bonds. The first-order valence-corrected chi connectivity index (χ1v) is 10.3. The van der Waals surface area contributed by atoms with Gasteiger partial charge in [-0.25, -0.2) is 0 Å². The van der Waals surface area contributed by atoms with Crippen molar-refractivity contribution in [1.82, 2.24) is 15.5 Å². The second-order valence-corrected chi connectivity index (χ2v) is 7.85. The fraction of sp³-hybridized carbons (Fsp3) is 0.545. The third kappa shape index (κ3) is 6.00. The lowest BCUT2D eigenvalue weighted by molar-refractivity contribution is -0.137. The number of nitrogens with zero attached hydrogens (tertiary/aromatic N) is 2. The Morgan fingerprint density at radius 2 is 1.87 bits per heavy atom. The van der Waals surface area contributed by atoms with Gasteiger partial charge in [-0.1, -0.05) is 6.58 Å². The molecule has 1 aliphatic rings. The number of piperidine rings is 1. The normalized spacial score (nSPS) is 15.5. The van der Waals surface area contributed by atoms with Gasteiger partial charge in [-0.2, -0.15) is 13.2 Å². The molecule has 1 heterocycles. The van der Waals surface area contributed by atoms with Crippen LogP contribution < -0.4 is 15.5 Å². The van der Waals surface area contributed by atoms with Crippen molar-refractivity contribution in [3.05, 3.63) is 41.0 Å². The van der Waals surface area contributed by atoms with E-state index in [0.717, 1.165) is 38.1 Å². The molecule has 9 heteroatoms. The van der Waals surface area contributed by atoms with Gasteiger partial charge in [0.05, 0.1) is 5.56 Å². The van der Waals surface area contributed by atoms with Gasteiger partial charge >= 0.3 is 6.18 Å². The summed E-state index contributed by atoms with van der Waals surface area (Å²) in [6, 6.07) is 2.11. The number of likely N-dealkylation sites (N-methyl/N-ethyl adjacent to an activating group) is 1. The zero-order valence-electron chi connectivity index (χ0n) is 18.5. The Balaban J connectivity index is 2.41. The molecule has 1 aromatic carbocycles. The van der Waals surface area contributed by atoms with Crippen molar-refractivity contribution in [3.63, 3.8) is 0 Å². The van der Waals surface area contributed by atoms with Gasteiger partial charge in [-0.05, 0) is 64.5 Å². The lowest BCUT2D eigenvalue weighted by atomic mass is 9.97. The molecule has 0 unspecified atom stereocenters. The summed E-state index contributed by atoms with van der Waals surface area (Å²) in [6.45, 7) is 9.26. The number of hydrogen-bond acceptors (Lipinski definition) is 4. The van der Waals surface area contributed by atoms with Crippen LogP contribution in [0.4, 0.5) is 18.9 Å². The summed E-state index contributed by atoms with van der Waals surface area (Å²) in [5, 5.41) is 4.90. The van der Waals surface area contributed by atoms with Crippen LogP contribution in [0.2, 0.25) is 0 Å². The SMILES string of the molecule is C=C(CNC(=O)c1cc(C(F)(F)F)cc(N(CC)C2CCN(C)CC2)c1C)C(=O)NC. The maximum atomic E-state index is 13.6. The third-order valence-corrected chi connectivity index (χ3v) is 5.74. The smallest absolute Gasteiger partial charge is 0.368 e. The van der Waals surface area contributed by atoms with E-state index in [1.807, 2.05) is 18.9 Å². The number of amides is 2. The second-order valence-electron chi connectivity index (χ2n) is 7.85. The molecule has 0 radical (unpaired) electrons. The van der Waals surface area contributed by atoms with Crippen LogP contribution in [0.1, 0.15) is 41.3 Å². The largest absolute Gasteiger partial charge is 0.416 e. The molecule has 0 bridgehead atoms. The number of anilines is 1. The molecule has 1 aromatic rings. The van der Waals surface area contributed by atoms with Crippen molar-refractivity contribution in [2.24, 2.45) is 0 Å². The molecule has 1 fully saturated rings. The summed E-state index contributed by atoms with van der Waals surface area (Å²) in [5.74, 6) is -1.12. The predicted octanol–water partition coefficient (Wildman–Crippen LogP) is 2.97. The van der Waals surface area contributed by atoms with Gasteiger partial charge in [0.1, 0.15) is 0 Å². The number of rotatable bonds is 7. The fourth-order valence-electron chi connectivity index (χ4n) is 3.87. The van der Waals surface area contributed by atoms with Crippen LogP contribution in [-0.2, 0) is 11.0 Å². The molecule has 0 saturated carbocycles.